The highest BCUT2D eigenvalue weighted by Gasteiger charge is 2.10. The summed E-state index contributed by atoms with van der Waals surface area (Å²) in [6.07, 6.45) is 5.53. The van der Waals surface area contributed by atoms with E-state index in [-0.39, 0.29) is 0 Å². The van der Waals surface area contributed by atoms with Crippen molar-refractivity contribution in [3.8, 4) is 0 Å². The Kier molecular flexibility index (Phi) is 3.83. The maximum atomic E-state index is 3.81. The second kappa shape index (κ2) is 5.77. The molecule has 0 fully saturated rings. The van der Waals surface area contributed by atoms with Crippen LogP contribution in [0.15, 0.2) is 49.1 Å². The van der Waals surface area contributed by atoms with Crippen LogP contribution >= 0.6 is 0 Å². The van der Waals surface area contributed by atoms with Crippen LogP contribution < -0.4 is 0 Å². The summed E-state index contributed by atoms with van der Waals surface area (Å²) < 4.78 is 2.49. The average Bonchev–Trinajstić information content (AvgIpc) is 2.76. The molecule has 1 nitrogen and oxygen atoms in total. The molecule has 0 saturated carbocycles. The van der Waals surface area contributed by atoms with Crippen LogP contribution in [0.25, 0.3) is 21.8 Å². The Morgan fingerprint density at radius 2 is 1.48 bits per heavy atom. The van der Waals surface area contributed by atoms with Crippen molar-refractivity contribution in [2.24, 2.45) is 0 Å². The molecular weight excluding hydrogens is 254 g/mol. The van der Waals surface area contributed by atoms with E-state index in [1.807, 2.05) is 6.08 Å². The van der Waals surface area contributed by atoms with Gasteiger partial charge in [0.05, 0.1) is 0 Å². The van der Waals surface area contributed by atoms with Gasteiger partial charge in [-0.2, -0.15) is 0 Å². The van der Waals surface area contributed by atoms with Crippen molar-refractivity contribution in [2.45, 2.75) is 39.7 Å². The monoisotopic (exact) mass is 277 g/mol. The van der Waals surface area contributed by atoms with E-state index < -0.39 is 0 Å². The number of rotatable bonds is 5. The molecule has 0 unspecified atom stereocenters. The Labute approximate surface area is 126 Å². The van der Waals surface area contributed by atoms with Crippen molar-refractivity contribution >= 4 is 21.8 Å². The van der Waals surface area contributed by atoms with Crippen molar-refractivity contribution in [3.63, 3.8) is 0 Å². The molecule has 0 saturated heterocycles. The standard InChI is InChI=1S/C20H23N/c1-4-5-6-7-12-21-19-13-15(2)8-10-17(19)18-11-9-16(3)14-20(18)21/h4,8-11,13-14H,1,5-7,12H2,2-3H3. The van der Waals surface area contributed by atoms with Crippen LogP contribution in [-0.4, -0.2) is 4.57 Å². The van der Waals surface area contributed by atoms with Crippen molar-refractivity contribution in [3.05, 3.63) is 60.2 Å². The van der Waals surface area contributed by atoms with E-state index >= 15 is 0 Å². The van der Waals surface area contributed by atoms with E-state index in [0.29, 0.717) is 0 Å². The molecule has 21 heavy (non-hydrogen) atoms. The maximum Gasteiger partial charge on any atom is 0.0494 e. The van der Waals surface area contributed by atoms with E-state index in [4.69, 9.17) is 0 Å². The summed E-state index contributed by atoms with van der Waals surface area (Å²) in [7, 11) is 0. The average molecular weight is 277 g/mol. The molecule has 0 amide bonds. The van der Waals surface area contributed by atoms with E-state index in [0.717, 1.165) is 13.0 Å². The van der Waals surface area contributed by atoms with Crippen molar-refractivity contribution in [2.75, 3.05) is 0 Å². The van der Waals surface area contributed by atoms with Gasteiger partial charge in [0.2, 0.25) is 0 Å². The van der Waals surface area contributed by atoms with Crippen LogP contribution in [0.3, 0.4) is 0 Å². The van der Waals surface area contributed by atoms with Gasteiger partial charge in [-0.05, 0) is 56.4 Å². The SMILES string of the molecule is C=CCCCCn1c2cc(C)ccc2c2ccc(C)cc21. The van der Waals surface area contributed by atoms with Gasteiger partial charge in [0.15, 0.2) is 0 Å². The molecule has 1 aromatic heterocycles. The number of unbranched alkanes of at least 4 members (excludes halogenated alkanes) is 2. The lowest BCUT2D eigenvalue weighted by Gasteiger charge is -2.08. The lowest BCUT2D eigenvalue weighted by molar-refractivity contribution is 0.642. The van der Waals surface area contributed by atoms with E-state index in [9.17, 15) is 0 Å². The summed E-state index contributed by atoms with van der Waals surface area (Å²) in [6.45, 7) is 9.24. The number of benzene rings is 2. The fraction of sp³-hybridized carbons (Fsp3) is 0.300. The molecule has 0 atom stereocenters. The van der Waals surface area contributed by atoms with Gasteiger partial charge in [0, 0.05) is 28.4 Å². The molecule has 3 rings (SSSR count). The Balaban J connectivity index is 2.14. The highest BCUT2D eigenvalue weighted by atomic mass is 15.0. The lowest BCUT2D eigenvalue weighted by Crippen LogP contribution is -1.98. The molecule has 0 bridgehead atoms. The van der Waals surface area contributed by atoms with Gasteiger partial charge in [0.1, 0.15) is 0 Å². The van der Waals surface area contributed by atoms with Gasteiger partial charge in [-0.25, -0.2) is 0 Å². The largest absolute Gasteiger partial charge is 0.340 e. The molecule has 2 aromatic carbocycles. The zero-order chi connectivity index (χ0) is 14.8. The molecule has 108 valence electrons. The summed E-state index contributed by atoms with van der Waals surface area (Å²) >= 11 is 0. The first-order chi connectivity index (χ1) is 10.2. The van der Waals surface area contributed by atoms with Gasteiger partial charge in [-0.1, -0.05) is 30.3 Å². The normalized spacial score (nSPS) is 11.3. The van der Waals surface area contributed by atoms with E-state index in [2.05, 4.69) is 61.4 Å². The van der Waals surface area contributed by atoms with Crippen LogP contribution in [0, 0.1) is 13.8 Å². The van der Waals surface area contributed by atoms with Crippen LogP contribution in [-0.2, 0) is 6.54 Å². The Hall–Kier alpha value is -2.02. The van der Waals surface area contributed by atoms with Crippen LogP contribution in [0.5, 0.6) is 0 Å². The molecule has 1 heterocycles. The molecule has 1 heteroatoms. The highest BCUT2D eigenvalue weighted by Crippen LogP contribution is 2.30. The second-order valence-electron chi connectivity index (χ2n) is 5.98. The number of aryl methyl sites for hydroxylation is 3. The lowest BCUT2D eigenvalue weighted by atomic mass is 10.1. The third-order valence-corrected chi connectivity index (χ3v) is 4.22. The summed E-state index contributed by atoms with van der Waals surface area (Å²) in [4.78, 5) is 0. The third-order valence-electron chi connectivity index (χ3n) is 4.22. The fourth-order valence-corrected chi connectivity index (χ4v) is 3.11. The molecule has 0 radical (unpaired) electrons. The van der Waals surface area contributed by atoms with Crippen LogP contribution in [0.4, 0.5) is 0 Å². The topological polar surface area (TPSA) is 4.93 Å². The minimum Gasteiger partial charge on any atom is -0.340 e. The quantitative estimate of drug-likeness (QED) is 0.412. The molecule has 0 spiro atoms. The molecule has 0 aliphatic heterocycles. The second-order valence-corrected chi connectivity index (χ2v) is 5.98. The van der Waals surface area contributed by atoms with E-state index in [1.54, 1.807) is 0 Å². The van der Waals surface area contributed by atoms with Gasteiger partial charge < -0.3 is 4.57 Å². The molecular formula is C20H23N. The Morgan fingerprint density at radius 1 is 0.905 bits per heavy atom. The summed E-state index contributed by atoms with van der Waals surface area (Å²) in [5, 5.41) is 2.75. The first kappa shape index (κ1) is 13.9. The number of nitrogens with zero attached hydrogens (tertiary/aromatic N) is 1. The number of allylic oxidation sites excluding steroid dienone is 1. The van der Waals surface area contributed by atoms with Gasteiger partial charge in [-0.3, -0.25) is 0 Å². The van der Waals surface area contributed by atoms with Crippen LogP contribution in [0.1, 0.15) is 30.4 Å². The van der Waals surface area contributed by atoms with Crippen molar-refractivity contribution in [1.29, 1.82) is 0 Å². The first-order valence-corrected chi connectivity index (χ1v) is 7.81. The zero-order valence-electron chi connectivity index (χ0n) is 13.0. The smallest absolute Gasteiger partial charge is 0.0494 e. The predicted octanol–water partition coefficient (Wildman–Crippen LogP) is 5.77. The minimum atomic E-state index is 1.08. The summed E-state index contributed by atoms with van der Waals surface area (Å²) in [5.41, 5.74) is 5.40. The van der Waals surface area contributed by atoms with Crippen molar-refractivity contribution in [1.82, 2.24) is 4.57 Å². The molecule has 0 aliphatic carbocycles. The third kappa shape index (κ3) is 2.61. The maximum absolute atomic E-state index is 3.81. The van der Waals surface area contributed by atoms with Gasteiger partial charge >= 0.3 is 0 Å². The fourth-order valence-electron chi connectivity index (χ4n) is 3.11. The minimum absolute atomic E-state index is 1.08. The van der Waals surface area contributed by atoms with Gasteiger partial charge in [0.25, 0.3) is 0 Å². The first-order valence-electron chi connectivity index (χ1n) is 7.81. The van der Waals surface area contributed by atoms with Crippen LogP contribution in [0.2, 0.25) is 0 Å². The van der Waals surface area contributed by atoms with Gasteiger partial charge in [-0.15, -0.1) is 6.58 Å². The number of aromatic nitrogens is 1. The Morgan fingerprint density at radius 3 is 2.00 bits per heavy atom. The Bertz CT molecular complexity index is 733. The number of hydrogen-bond acceptors (Lipinski definition) is 0. The van der Waals surface area contributed by atoms with E-state index in [1.165, 1.54) is 45.8 Å². The predicted molar refractivity (Wildman–Crippen MR) is 93.0 cm³/mol. The van der Waals surface area contributed by atoms with Crippen molar-refractivity contribution < 1.29 is 0 Å². The zero-order valence-corrected chi connectivity index (χ0v) is 13.0. The molecule has 3 aromatic rings. The molecule has 0 aliphatic rings. The summed E-state index contributed by atoms with van der Waals surface area (Å²) in [5.74, 6) is 0. The highest BCUT2D eigenvalue weighted by molar-refractivity contribution is 6.08. The number of fused-ring (bicyclic) bond motifs is 3. The summed E-state index contributed by atoms with van der Waals surface area (Å²) in [6, 6.07) is 13.6. The molecule has 0 N–H and O–H groups in total. The number of hydrogen-bond donors (Lipinski definition) is 0.